The summed E-state index contributed by atoms with van der Waals surface area (Å²) in [6, 6.07) is 10.9. The number of amides is 1. The van der Waals surface area contributed by atoms with E-state index < -0.39 is 0 Å². The Hall–Kier alpha value is -1.88. The van der Waals surface area contributed by atoms with Crippen LogP contribution in [0.3, 0.4) is 0 Å². The molecule has 0 saturated carbocycles. The molecule has 2 rings (SSSR count). The predicted molar refractivity (Wildman–Crippen MR) is 85.7 cm³/mol. The van der Waals surface area contributed by atoms with E-state index in [-0.39, 0.29) is 5.91 Å². The highest BCUT2D eigenvalue weighted by molar-refractivity contribution is 9.10. The van der Waals surface area contributed by atoms with Crippen molar-refractivity contribution in [2.24, 2.45) is 0 Å². The number of aromatic nitrogens is 1. The average Bonchev–Trinajstić information content (AvgIpc) is 2.48. The molecule has 21 heavy (non-hydrogen) atoms. The summed E-state index contributed by atoms with van der Waals surface area (Å²) in [5.74, 6) is 1.22. The molecule has 0 aliphatic rings. The minimum atomic E-state index is -0.0836. The Kier molecular flexibility index (Phi) is 5.33. The van der Waals surface area contributed by atoms with Gasteiger partial charge in [0.2, 0.25) is 0 Å². The zero-order chi connectivity index (χ0) is 15.2. The fourth-order valence-electron chi connectivity index (χ4n) is 1.93. The van der Waals surface area contributed by atoms with Crippen molar-refractivity contribution in [2.75, 3.05) is 13.1 Å². The Morgan fingerprint density at radius 2 is 1.90 bits per heavy atom. The molecule has 1 heterocycles. The number of rotatable bonds is 5. The monoisotopic (exact) mass is 348 g/mol. The maximum absolute atomic E-state index is 12.3. The molecule has 4 nitrogen and oxygen atoms in total. The number of nitrogens with zero attached hydrogens (tertiary/aromatic N) is 2. The third-order valence-electron chi connectivity index (χ3n) is 3.03. The van der Waals surface area contributed by atoms with Gasteiger partial charge in [0.1, 0.15) is 17.2 Å². The molecule has 0 bridgehead atoms. The summed E-state index contributed by atoms with van der Waals surface area (Å²) in [6.45, 7) is 5.22. The molecular weight excluding hydrogens is 332 g/mol. The first kappa shape index (κ1) is 15.5. The van der Waals surface area contributed by atoms with Gasteiger partial charge < -0.3 is 9.64 Å². The summed E-state index contributed by atoms with van der Waals surface area (Å²) >= 11 is 3.40. The number of halogens is 1. The molecule has 2 aromatic rings. The molecule has 0 atom stereocenters. The summed E-state index contributed by atoms with van der Waals surface area (Å²) in [7, 11) is 0. The summed E-state index contributed by atoms with van der Waals surface area (Å²) in [5, 5.41) is 0. The van der Waals surface area contributed by atoms with Crippen LogP contribution in [0.15, 0.2) is 47.1 Å². The Morgan fingerprint density at radius 1 is 1.19 bits per heavy atom. The van der Waals surface area contributed by atoms with Crippen molar-refractivity contribution in [1.29, 1.82) is 0 Å². The molecule has 0 aliphatic carbocycles. The van der Waals surface area contributed by atoms with Crippen LogP contribution in [-0.4, -0.2) is 28.9 Å². The van der Waals surface area contributed by atoms with Crippen LogP contribution in [0.2, 0.25) is 0 Å². The van der Waals surface area contributed by atoms with Crippen LogP contribution in [0.4, 0.5) is 0 Å². The molecule has 110 valence electrons. The molecule has 1 aromatic heterocycles. The van der Waals surface area contributed by atoms with E-state index in [1.807, 2.05) is 38.1 Å². The second-order valence-corrected chi connectivity index (χ2v) is 5.33. The van der Waals surface area contributed by atoms with Crippen molar-refractivity contribution < 1.29 is 9.53 Å². The Labute approximate surface area is 132 Å². The number of benzene rings is 1. The highest BCUT2D eigenvalue weighted by Gasteiger charge is 2.14. The minimum Gasteiger partial charge on any atom is -0.457 e. The van der Waals surface area contributed by atoms with Crippen LogP contribution in [0.5, 0.6) is 11.5 Å². The summed E-state index contributed by atoms with van der Waals surface area (Å²) in [5.41, 5.74) is 0.395. The topological polar surface area (TPSA) is 42.4 Å². The first-order chi connectivity index (χ1) is 10.1. The van der Waals surface area contributed by atoms with Crippen LogP contribution < -0.4 is 4.74 Å². The molecule has 0 saturated heterocycles. The van der Waals surface area contributed by atoms with Crippen molar-refractivity contribution in [3.05, 3.63) is 52.8 Å². The highest BCUT2D eigenvalue weighted by Crippen LogP contribution is 2.24. The Bertz CT molecular complexity index is 627. The van der Waals surface area contributed by atoms with Gasteiger partial charge in [0.05, 0.1) is 0 Å². The molecule has 0 fully saturated rings. The average molecular weight is 349 g/mol. The van der Waals surface area contributed by atoms with E-state index in [9.17, 15) is 4.79 Å². The minimum absolute atomic E-state index is 0.0836. The van der Waals surface area contributed by atoms with Crippen molar-refractivity contribution in [3.63, 3.8) is 0 Å². The van der Waals surface area contributed by atoms with Crippen LogP contribution in [0, 0.1) is 0 Å². The van der Waals surface area contributed by atoms with Crippen molar-refractivity contribution >= 4 is 21.8 Å². The second kappa shape index (κ2) is 7.22. The number of carbonyl (C=O) groups excluding carboxylic acids is 1. The van der Waals surface area contributed by atoms with Gasteiger partial charge in [-0.1, -0.05) is 22.0 Å². The number of hydrogen-bond acceptors (Lipinski definition) is 3. The van der Waals surface area contributed by atoms with Crippen molar-refractivity contribution in [1.82, 2.24) is 9.88 Å². The third kappa shape index (κ3) is 4.04. The third-order valence-corrected chi connectivity index (χ3v) is 3.53. The molecule has 0 N–H and O–H groups in total. The molecule has 0 aliphatic heterocycles. The summed E-state index contributed by atoms with van der Waals surface area (Å²) in [6.07, 6.45) is 1.59. The number of hydrogen-bond donors (Lipinski definition) is 0. The highest BCUT2D eigenvalue weighted by atomic mass is 79.9. The Balaban J connectivity index is 2.20. The quantitative estimate of drug-likeness (QED) is 0.816. The van der Waals surface area contributed by atoms with Gasteiger partial charge >= 0.3 is 0 Å². The maximum Gasteiger partial charge on any atom is 0.272 e. The first-order valence-corrected chi connectivity index (χ1v) is 7.62. The van der Waals surface area contributed by atoms with Crippen LogP contribution in [0.25, 0.3) is 0 Å². The van der Waals surface area contributed by atoms with Crippen LogP contribution in [-0.2, 0) is 0 Å². The van der Waals surface area contributed by atoms with Gasteiger partial charge in [-0.25, -0.2) is 0 Å². The van der Waals surface area contributed by atoms with Crippen LogP contribution >= 0.6 is 15.9 Å². The summed E-state index contributed by atoms with van der Waals surface area (Å²) in [4.78, 5) is 18.1. The van der Waals surface area contributed by atoms with E-state index in [1.54, 1.807) is 23.2 Å². The first-order valence-electron chi connectivity index (χ1n) is 6.82. The van der Waals surface area contributed by atoms with E-state index >= 15 is 0 Å². The molecule has 1 amide bonds. The fraction of sp³-hybridized carbons (Fsp3) is 0.250. The lowest BCUT2D eigenvalue weighted by Crippen LogP contribution is -2.31. The van der Waals surface area contributed by atoms with E-state index in [0.717, 1.165) is 4.47 Å². The maximum atomic E-state index is 12.3. The lowest BCUT2D eigenvalue weighted by molar-refractivity contribution is 0.0767. The molecule has 1 aromatic carbocycles. The number of carbonyl (C=O) groups is 1. The van der Waals surface area contributed by atoms with Crippen molar-refractivity contribution in [3.8, 4) is 11.5 Å². The van der Waals surface area contributed by atoms with Gasteiger partial charge in [-0.05, 0) is 38.1 Å². The van der Waals surface area contributed by atoms with E-state index in [2.05, 4.69) is 20.9 Å². The van der Waals surface area contributed by atoms with E-state index in [4.69, 9.17) is 4.74 Å². The van der Waals surface area contributed by atoms with E-state index in [1.165, 1.54) is 0 Å². The molecule has 0 unspecified atom stereocenters. The zero-order valence-electron chi connectivity index (χ0n) is 12.0. The van der Waals surface area contributed by atoms with Gasteiger partial charge in [0.15, 0.2) is 0 Å². The second-order valence-electron chi connectivity index (χ2n) is 4.41. The molecule has 5 heteroatoms. The lowest BCUT2D eigenvalue weighted by Gasteiger charge is -2.18. The van der Waals surface area contributed by atoms with Gasteiger partial charge in [0.25, 0.3) is 5.91 Å². The number of ether oxygens (including phenoxy) is 1. The largest absolute Gasteiger partial charge is 0.457 e. The SMILES string of the molecule is CCN(CC)C(=O)c1cc(Oc2cccc(Br)c2)ccn1. The molecule has 0 radical (unpaired) electrons. The molecular formula is C16H17BrN2O2. The van der Waals surface area contributed by atoms with Crippen molar-refractivity contribution in [2.45, 2.75) is 13.8 Å². The fourth-order valence-corrected chi connectivity index (χ4v) is 2.31. The number of pyridine rings is 1. The van der Waals surface area contributed by atoms with Gasteiger partial charge in [-0.2, -0.15) is 0 Å². The summed E-state index contributed by atoms with van der Waals surface area (Å²) < 4.78 is 6.69. The smallest absolute Gasteiger partial charge is 0.272 e. The molecule has 0 spiro atoms. The standard InChI is InChI=1S/C16H17BrN2O2/c1-3-19(4-2)16(20)15-11-14(8-9-18-15)21-13-7-5-6-12(17)10-13/h5-11H,3-4H2,1-2H3. The van der Waals surface area contributed by atoms with Crippen LogP contribution in [0.1, 0.15) is 24.3 Å². The lowest BCUT2D eigenvalue weighted by atomic mass is 10.3. The Morgan fingerprint density at radius 3 is 2.57 bits per heavy atom. The van der Waals surface area contributed by atoms with E-state index in [0.29, 0.717) is 30.3 Å². The van der Waals surface area contributed by atoms with Gasteiger partial charge in [-0.15, -0.1) is 0 Å². The normalized spacial score (nSPS) is 10.2. The zero-order valence-corrected chi connectivity index (χ0v) is 13.6. The predicted octanol–water partition coefficient (Wildman–Crippen LogP) is 4.12. The van der Waals surface area contributed by atoms with Gasteiger partial charge in [-0.3, -0.25) is 9.78 Å². The van der Waals surface area contributed by atoms with Gasteiger partial charge in [0, 0.05) is 29.8 Å².